The van der Waals surface area contributed by atoms with Gasteiger partial charge in [-0.1, -0.05) is 43.7 Å². The van der Waals surface area contributed by atoms with Crippen molar-refractivity contribution >= 4 is 32.6 Å². The highest BCUT2D eigenvalue weighted by Gasteiger charge is 2.10. The van der Waals surface area contributed by atoms with Crippen molar-refractivity contribution in [3.05, 3.63) is 40.9 Å². The van der Waals surface area contributed by atoms with Crippen molar-refractivity contribution < 1.29 is 9.53 Å². The summed E-state index contributed by atoms with van der Waals surface area (Å²) in [4.78, 5) is 11.8. The Morgan fingerprint density at radius 2 is 2.05 bits per heavy atom. The molecule has 0 aliphatic rings. The van der Waals surface area contributed by atoms with Gasteiger partial charge in [-0.25, -0.2) is 0 Å². The zero-order valence-electron chi connectivity index (χ0n) is 12.4. The van der Waals surface area contributed by atoms with Crippen LogP contribution in [0.4, 0.5) is 0 Å². The zero-order valence-corrected chi connectivity index (χ0v) is 13.9. The van der Waals surface area contributed by atoms with Gasteiger partial charge in [0.05, 0.1) is 4.47 Å². The van der Waals surface area contributed by atoms with Gasteiger partial charge in [0.1, 0.15) is 5.75 Å². The van der Waals surface area contributed by atoms with E-state index in [2.05, 4.69) is 28.2 Å². The van der Waals surface area contributed by atoms with Gasteiger partial charge in [-0.3, -0.25) is 4.79 Å². The minimum absolute atomic E-state index is 0.0327. The topological polar surface area (TPSA) is 38.3 Å². The third-order valence-electron chi connectivity index (χ3n) is 3.32. The molecular weight excluding hydrogens is 330 g/mol. The fourth-order valence-electron chi connectivity index (χ4n) is 2.29. The molecule has 2 rings (SSSR count). The quantitative estimate of drug-likeness (QED) is 0.844. The maximum absolute atomic E-state index is 11.8. The van der Waals surface area contributed by atoms with Gasteiger partial charge in [0.25, 0.3) is 5.91 Å². The fourth-order valence-corrected chi connectivity index (χ4v) is 2.90. The molecule has 0 bridgehead atoms. The number of carbonyl (C=O) groups is 1. The summed E-state index contributed by atoms with van der Waals surface area (Å²) in [7, 11) is 0. The van der Waals surface area contributed by atoms with Gasteiger partial charge in [-0.15, -0.1) is 0 Å². The summed E-state index contributed by atoms with van der Waals surface area (Å²) in [6, 6.07) is 12.1. The summed E-state index contributed by atoms with van der Waals surface area (Å²) in [5, 5.41) is 5.14. The van der Waals surface area contributed by atoms with Crippen molar-refractivity contribution in [2.24, 2.45) is 0 Å². The molecule has 0 aliphatic carbocycles. The van der Waals surface area contributed by atoms with Crippen LogP contribution in [0.2, 0.25) is 0 Å². The van der Waals surface area contributed by atoms with E-state index in [1.165, 1.54) is 0 Å². The number of ether oxygens (including phenoxy) is 1. The van der Waals surface area contributed by atoms with E-state index < -0.39 is 0 Å². The Bertz CT molecular complexity index is 627. The summed E-state index contributed by atoms with van der Waals surface area (Å²) in [5.74, 6) is 0.600. The van der Waals surface area contributed by atoms with Crippen LogP contribution in [0.1, 0.15) is 26.7 Å². The minimum Gasteiger partial charge on any atom is -0.483 e. The van der Waals surface area contributed by atoms with Crippen molar-refractivity contribution in [3.8, 4) is 5.75 Å². The number of rotatable bonds is 6. The normalized spacial score (nSPS) is 12.1. The third kappa shape index (κ3) is 4.21. The number of amides is 1. The fraction of sp³-hybridized carbons (Fsp3) is 0.353. The molecule has 21 heavy (non-hydrogen) atoms. The molecule has 0 saturated heterocycles. The van der Waals surface area contributed by atoms with E-state index in [4.69, 9.17) is 4.74 Å². The predicted molar refractivity (Wildman–Crippen MR) is 89.7 cm³/mol. The SMILES string of the molecule is CCCC(C)NC(=O)COc1ccc2ccccc2c1Br. The summed E-state index contributed by atoms with van der Waals surface area (Å²) in [5.41, 5.74) is 0. The molecule has 0 fully saturated rings. The van der Waals surface area contributed by atoms with Crippen LogP contribution in [0.5, 0.6) is 5.75 Å². The first-order valence-corrected chi connectivity index (χ1v) is 8.00. The lowest BCUT2D eigenvalue weighted by molar-refractivity contribution is -0.123. The Morgan fingerprint density at radius 1 is 1.29 bits per heavy atom. The number of benzene rings is 2. The smallest absolute Gasteiger partial charge is 0.258 e. The molecule has 0 aliphatic heterocycles. The van der Waals surface area contributed by atoms with Crippen LogP contribution in [0, 0.1) is 0 Å². The molecule has 1 unspecified atom stereocenters. The molecule has 0 radical (unpaired) electrons. The average molecular weight is 350 g/mol. The Balaban J connectivity index is 2.00. The highest BCUT2D eigenvalue weighted by atomic mass is 79.9. The van der Waals surface area contributed by atoms with Crippen molar-refractivity contribution in [1.82, 2.24) is 5.32 Å². The molecule has 1 atom stereocenters. The lowest BCUT2D eigenvalue weighted by atomic mass is 10.1. The van der Waals surface area contributed by atoms with Crippen molar-refractivity contribution in [2.45, 2.75) is 32.7 Å². The van der Waals surface area contributed by atoms with Crippen LogP contribution in [-0.2, 0) is 4.79 Å². The second kappa shape index (κ2) is 7.46. The van der Waals surface area contributed by atoms with Gasteiger partial charge >= 0.3 is 0 Å². The van der Waals surface area contributed by atoms with Gasteiger partial charge in [-0.2, -0.15) is 0 Å². The van der Waals surface area contributed by atoms with Crippen LogP contribution in [0.15, 0.2) is 40.9 Å². The molecule has 3 nitrogen and oxygen atoms in total. The zero-order chi connectivity index (χ0) is 15.2. The molecule has 2 aromatic rings. The van der Waals surface area contributed by atoms with Crippen LogP contribution >= 0.6 is 15.9 Å². The van der Waals surface area contributed by atoms with E-state index in [0.29, 0.717) is 5.75 Å². The Hall–Kier alpha value is -1.55. The number of carbonyl (C=O) groups excluding carboxylic acids is 1. The molecule has 0 aromatic heterocycles. The summed E-state index contributed by atoms with van der Waals surface area (Å²) in [6.07, 6.45) is 2.03. The maximum atomic E-state index is 11.8. The average Bonchev–Trinajstić information content (AvgIpc) is 2.47. The monoisotopic (exact) mass is 349 g/mol. The maximum Gasteiger partial charge on any atom is 0.258 e. The van der Waals surface area contributed by atoms with Crippen LogP contribution < -0.4 is 10.1 Å². The van der Waals surface area contributed by atoms with E-state index in [1.54, 1.807) is 0 Å². The van der Waals surface area contributed by atoms with E-state index >= 15 is 0 Å². The Kier molecular flexibility index (Phi) is 5.62. The molecule has 0 heterocycles. The number of fused-ring (bicyclic) bond motifs is 1. The Morgan fingerprint density at radius 3 is 2.81 bits per heavy atom. The van der Waals surface area contributed by atoms with Crippen molar-refractivity contribution in [2.75, 3.05) is 6.61 Å². The number of hydrogen-bond donors (Lipinski definition) is 1. The second-order valence-electron chi connectivity index (χ2n) is 5.14. The van der Waals surface area contributed by atoms with E-state index in [-0.39, 0.29) is 18.6 Å². The molecule has 112 valence electrons. The molecular formula is C17H20BrNO2. The van der Waals surface area contributed by atoms with Crippen LogP contribution in [0.25, 0.3) is 10.8 Å². The van der Waals surface area contributed by atoms with Gasteiger partial charge in [-0.05, 0) is 46.1 Å². The molecule has 1 N–H and O–H groups in total. The van der Waals surface area contributed by atoms with Gasteiger partial charge in [0.15, 0.2) is 6.61 Å². The molecule has 4 heteroatoms. The van der Waals surface area contributed by atoms with Gasteiger partial charge in [0.2, 0.25) is 0 Å². The molecule has 1 amide bonds. The lowest BCUT2D eigenvalue weighted by Gasteiger charge is -2.14. The van der Waals surface area contributed by atoms with E-state index in [0.717, 1.165) is 28.1 Å². The van der Waals surface area contributed by atoms with Crippen molar-refractivity contribution in [1.29, 1.82) is 0 Å². The molecule has 0 saturated carbocycles. The molecule has 2 aromatic carbocycles. The highest BCUT2D eigenvalue weighted by molar-refractivity contribution is 9.10. The van der Waals surface area contributed by atoms with Gasteiger partial charge in [0, 0.05) is 6.04 Å². The van der Waals surface area contributed by atoms with E-state index in [9.17, 15) is 4.79 Å². The van der Waals surface area contributed by atoms with Crippen molar-refractivity contribution in [3.63, 3.8) is 0 Å². The predicted octanol–water partition coefficient (Wildman–Crippen LogP) is 4.29. The largest absolute Gasteiger partial charge is 0.483 e. The van der Waals surface area contributed by atoms with Gasteiger partial charge < -0.3 is 10.1 Å². The Labute approximate surface area is 133 Å². The number of nitrogens with one attached hydrogen (secondary N) is 1. The second-order valence-corrected chi connectivity index (χ2v) is 5.94. The summed E-state index contributed by atoms with van der Waals surface area (Å²) < 4.78 is 6.51. The standard InChI is InChI=1S/C17H20BrNO2/c1-3-6-12(2)19-16(20)11-21-15-10-9-13-7-4-5-8-14(13)17(15)18/h4-5,7-10,12H,3,6,11H2,1-2H3,(H,19,20). The third-order valence-corrected chi connectivity index (χ3v) is 4.13. The first-order valence-electron chi connectivity index (χ1n) is 7.21. The van der Waals surface area contributed by atoms with Crippen LogP contribution in [0.3, 0.4) is 0 Å². The summed E-state index contributed by atoms with van der Waals surface area (Å²) in [6.45, 7) is 4.14. The van der Waals surface area contributed by atoms with Crippen LogP contribution in [-0.4, -0.2) is 18.6 Å². The van der Waals surface area contributed by atoms with E-state index in [1.807, 2.05) is 43.3 Å². The summed E-state index contributed by atoms with van der Waals surface area (Å²) >= 11 is 3.55. The first-order chi connectivity index (χ1) is 10.1. The lowest BCUT2D eigenvalue weighted by Crippen LogP contribution is -2.35. The first kappa shape index (κ1) is 15.8. The number of halogens is 1. The number of hydrogen-bond acceptors (Lipinski definition) is 2. The molecule has 0 spiro atoms. The minimum atomic E-state index is -0.0870. The highest BCUT2D eigenvalue weighted by Crippen LogP contribution is 2.32.